The van der Waals surface area contributed by atoms with Gasteiger partial charge in [-0.05, 0) is 19.3 Å². The van der Waals surface area contributed by atoms with Crippen molar-refractivity contribution in [2.24, 2.45) is 11.7 Å². The first-order valence-corrected chi connectivity index (χ1v) is 4.71. The van der Waals surface area contributed by atoms with Crippen LogP contribution in [0.3, 0.4) is 0 Å². The molecule has 0 aromatic rings. The Labute approximate surface area is 82.0 Å². The number of hydrogen-bond acceptors (Lipinski definition) is 3. The van der Waals surface area contributed by atoms with E-state index in [1.165, 1.54) is 0 Å². The molecule has 1 saturated heterocycles. The number of piperidine rings is 1. The van der Waals surface area contributed by atoms with Crippen LogP contribution in [0.5, 0.6) is 0 Å². The van der Waals surface area contributed by atoms with Gasteiger partial charge in [-0.3, -0.25) is 19.7 Å². The molecule has 78 valence electrons. The highest BCUT2D eigenvalue weighted by molar-refractivity contribution is 5.98. The third-order valence-corrected chi connectivity index (χ3v) is 2.33. The summed E-state index contributed by atoms with van der Waals surface area (Å²) in [5, 5.41) is 2.27. The molecule has 14 heavy (non-hydrogen) atoms. The van der Waals surface area contributed by atoms with Gasteiger partial charge < -0.3 is 5.73 Å². The maximum Gasteiger partial charge on any atom is 0.229 e. The quantitative estimate of drug-likeness (QED) is 0.607. The van der Waals surface area contributed by atoms with Crippen LogP contribution in [-0.4, -0.2) is 17.7 Å². The van der Waals surface area contributed by atoms with Crippen LogP contribution < -0.4 is 11.1 Å². The molecule has 0 saturated carbocycles. The zero-order valence-corrected chi connectivity index (χ0v) is 7.91. The van der Waals surface area contributed by atoms with Crippen LogP contribution in [0.4, 0.5) is 0 Å². The van der Waals surface area contributed by atoms with Crippen molar-refractivity contribution in [1.29, 1.82) is 0 Å². The Bertz CT molecular complexity index is 263. The van der Waals surface area contributed by atoms with E-state index in [0.717, 1.165) is 0 Å². The van der Waals surface area contributed by atoms with Gasteiger partial charge >= 0.3 is 0 Å². The molecule has 1 aliphatic rings. The number of primary amides is 1. The Kier molecular flexibility index (Phi) is 3.62. The lowest BCUT2D eigenvalue weighted by Gasteiger charge is -2.20. The van der Waals surface area contributed by atoms with Crippen molar-refractivity contribution in [3.8, 4) is 0 Å². The Balaban J connectivity index is 2.27. The first kappa shape index (κ1) is 10.7. The molecule has 0 aromatic heterocycles. The van der Waals surface area contributed by atoms with Crippen molar-refractivity contribution >= 4 is 17.7 Å². The second kappa shape index (κ2) is 4.74. The number of carbonyl (C=O) groups excluding carboxylic acids is 3. The summed E-state index contributed by atoms with van der Waals surface area (Å²) in [6.07, 6.45) is 2.53. The molecule has 0 radical (unpaired) electrons. The minimum atomic E-state index is -0.350. The summed E-state index contributed by atoms with van der Waals surface area (Å²) in [7, 11) is 0. The lowest BCUT2D eigenvalue weighted by atomic mass is 9.93. The second-order valence-corrected chi connectivity index (χ2v) is 3.51. The molecule has 1 atom stereocenters. The van der Waals surface area contributed by atoms with Crippen molar-refractivity contribution < 1.29 is 14.4 Å². The van der Waals surface area contributed by atoms with Gasteiger partial charge in [0.25, 0.3) is 0 Å². The first-order chi connectivity index (χ1) is 6.59. The van der Waals surface area contributed by atoms with Gasteiger partial charge in [-0.15, -0.1) is 0 Å². The third-order valence-electron chi connectivity index (χ3n) is 2.33. The van der Waals surface area contributed by atoms with Crippen LogP contribution in [0.25, 0.3) is 0 Å². The molecular weight excluding hydrogens is 184 g/mol. The van der Waals surface area contributed by atoms with Crippen molar-refractivity contribution in [2.45, 2.75) is 32.1 Å². The van der Waals surface area contributed by atoms with Crippen LogP contribution in [0, 0.1) is 5.92 Å². The highest BCUT2D eigenvalue weighted by Gasteiger charge is 2.25. The SMILES string of the molecule is NC(=O)CCCC1CCC(=O)NC1=O. The van der Waals surface area contributed by atoms with Gasteiger partial charge in [-0.1, -0.05) is 0 Å². The van der Waals surface area contributed by atoms with Crippen molar-refractivity contribution in [1.82, 2.24) is 5.32 Å². The van der Waals surface area contributed by atoms with E-state index in [0.29, 0.717) is 32.1 Å². The Morgan fingerprint density at radius 3 is 2.79 bits per heavy atom. The standard InChI is InChI=1S/C9H14N2O3/c10-7(12)3-1-2-6-4-5-8(13)11-9(6)14/h6H,1-5H2,(H2,10,12)(H,11,13,14). The summed E-state index contributed by atoms with van der Waals surface area (Å²) in [5.74, 6) is -0.906. The number of carbonyl (C=O) groups is 3. The van der Waals surface area contributed by atoms with Crippen molar-refractivity contribution in [3.05, 3.63) is 0 Å². The van der Waals surface area contributed by atoms with E-state index >= 15 is 0 Å². The maximum absolute atomic E-state index is 11.2. The normalized spacial score (nSPS) is 21.9. The van der Waals surface area contributed by atoms with E-state index in [-0.39, 0.29) is 23.6 Å². The monoisotopic (exact) mass is 198 g/mol. The fourth-order valence-corrected chi connectivity index (χ4v) is 1.54. The average molecular weight is 198 g/mol. The van der Waals surface area contributed by atoms with Gasteiger partial charge in [0, 0.05) is 18.8 Å². The zero-order valence-electron chi connectivity index (χ0n) is 7.91. The van der Waals surface area contributed by atoms with Crippen molar-refractivity contribution in [2.75, 3.05) is 0 Å². The van der Waals surface area contributed by atoms with Gasteiger partial charge in [0.1, 0.15) is 0 Å². The Morgan fingerprint density at radius 1 is 1.50 bits per heavy atom. The molecule has 0 bridgehead atoms. The van der Waals surface area contributed by atoms with E-state index in [4.69, 9.17) is 5.73 Å². The molecule has 3 N–H and O–H groups in total. The molecular formula is C9H14N2O3. The summed E-state index contributed by atoms with van der Waals surface area (Å²) in [5.41, 5.74) is 4.97. The molecule has 5 heteroatoms. The molecule has 1 aliphatic heterocycles. The molecule has 1 unspecified atom stereocenters. The summed E-state index contributed by atoms with van der Waals surface area (Å²) in [6.45, 7) is 0. The highest BCUT2D eigenvalue weighted by atomic mass is 16.2. The van der Waals surface area contributed by atoms with Crippen molar-refractivity contribution in [3.63, 3.8) is 0 Å². The van der Waals surface area contributed by atoms with E-state index in [2.05, 4.69) is 5.32 Å². The van der Waals surface area contributed by atoms with Crippen LogP contribution in [0.15, 0.2) is 0 Å². The number of nitrogens with one attached hydrogen (secondary N) is 1. The lowest BCUT2D eigenvalue weighted by Crippen LogP contribution is -2.40. The van der Waals surface area contributed by atoms with E-state index in [1.54, 1.807) is 0 Å². The fourth-order valence-electron chi connectivity index (χ4n) is 1.54. The number of amides is 3. The Hall–Kier alpha value is -1.39. The maximum atomic E-state index is 11.2. The molecule has 0 aromatic carbocycles. The van der Waals surface area contributed by atoms with Crippen LogP contribution >= 0.6 is 0 Å². The van der Waals surface area contributed by atoms with Gasteiger partial charge in [0.2, 0.25) is 17.7 Å². The van der Waals surface area contributed by atoms with Gasteiger partial charge in [0.05, 0.1) is 0 Å². The first-order valence-electron chi connectivity index (χ1n) is 4.71. The number of imide groups is 1. The number of nitrogens with two attached hydrogens (primary N) is 1. The summed E-state index contributed by atoms with van der Waals surface area (Å²) in [6, 6.07) is 0. The third kappa shape index (κ3) is 3.16. The van der Waals surface area contributed by atoms with Crippen LogP contribution in [0.2, 0.25) is 0 Å². The molecule has 5 nitrogen and oxygen atoms in total. The van der Waals surface area contributed by atoms with E-state index in [9.17, 15) is 14.4 Å². The van der Waals surface area contributed by atoms with E-state index in [1.807, 2.05) is 0 Å². The minimum Gasteiger partial charge on any atom is -0.370 e. The second-order valence-electron chi connectivity index (χ2n) is 3.51. The fraction of sp³-hybridized carbons (Fsp3) is 0.667. The number of rotatable bonds is 4. The highest BCUT2D eigenvalue weighted by Crippen LogP contribution is 2.18. The van der Waals surface area contributed by atoms with Gasteiger partial charge in [-0.2, -0.15) is 0 Å². The minimum absolute atomic E-state index is 0.132. The van der Waals surface area contributed by atoms with E-state index < -0.39 is 0 Å². The molecule has 1 rings (SSSR count). The summed E-state index contributed by atoms with van der Waals surface area (Å²) in [4.78, 5) is 32.5. The molecule has 3 amide bonds. The molecule has 1 fully saturated rings. The molecule has 1 heterocycles. The summed E-state index contributed by atoms with van der Waals surface area (Å²) >= 11 is 0. The predicted molar refractivity (Wildman–Crippen MR) is 48.9 cm³/mol. The van der Waals surface area contributed by atoms with Gasteiger partial charge in [-0.25, -0.2) is 0 Å². The zero-order chi connectivity index (χ0) is 10.6. The Morgan fingerprint density at radius 2 is 2.21 bits per heavy atom. The molecule has 0 spiro atoms. The molecule has 0 aliphatic carbocycles. The lowest BCUT2D eigenvalue weighted by molar-refractivity contribution is -0.136. The largest absolute Gasteiger partial charge is 0.370 e. The average Bonchev–Trinajstić information content (AvgIpc) is 2.08. The predicted octanol–water partition coefficient (Wildman–Crippen LogP) is -0.305. The van der Waals surface area contributed by atoms with Crippen LogP contribution in [0.1, 0.15) is 32.1 Å². The topological polar surface area (TPSA) is 89.3 Å². The van der Waals surface area contributed by atoms with Gasteiger partial charge in [0.15, 0.2) is 0 Å². The smallest absolute Gasteiger partial charge is 0.229 e. The number of hydrogen-bond donors (Lipinski definition) is 2. The summed E-state index contributed by atoms with van der Waals surface area (Å²) < 4.78 is 0. The van der Waals surface area contributed by atoms with Crippen LogP contribution in [-0.2, 0) is 14.4 Å².